The number of nitrogens with one attached hydrogen (secondary N) is 1. The molecule has 2 atom stereocenters. The summed E-state index contributed by atoms with van der Waals surface area (Å²) in [7, 11) is 16.9. The molecule has 3 N–H and O–H groups in total. The van der Waals surface area contributed by atoms with E-state index in [4.69, 9.17) is 29.3 Å². The van der Waals surface area contributed by atoms with Gasteiger partial charge in [0.15, 0.2) is 0 Å². The van der Waals surface area contributed by atoms with Gasteiger partial charge in [0.25, 0.3) is 0 Å². The topological polar surface area (TPSA) is 58.4 Å². The minimum absolute atomic E-state index is 0.0807. The van der Waals surface area contributed by atoms with Crippen LogP contribution in [0.4, 0.5) is 5.69 Å². The van der Waals surface area contributed by atoms with Gasteiger partial charge < -0.3 is 16.0 Å². The quantitative estimate of drug-likeness (QED) is 0.796. The Labute approximate surface area is 136 Å². The molecule has 0 unspecified atom stereocenters. The fourth-order valence-electron chi connectivity index (χ4n) is 3.04. The number of anilines is 1. The van der Waals surface area contributed by atoms with Crippen LogP contribution in [0.1, 0.15) is 36.9 Å². The van der Waals surface area contributed by atoms with Gasteiger partial charge in [0.05, 0.1) is 29.6 Å². The molecule has 7 heteroatoms. The zero-order valence-corrected chi connectivity index (χ0v) is 13.2. The normalized spacial score (nSPS) is 21.9. The van der Waals surface area contributed by atoms with E-state index in [2.05, 4.69) is 5.32 Å². The van der Waals surface area contributed by atoms with Gasteiger partial charge in [0.2, 0.25) is 5.91 Å². The number of rotatable bonds is 4. The van der Waals surface area contributed by atoms with Crippen molar-refractivity contribution in [2.75, 3.05) is 11.9 Å². The van der Waals surface area contributed by atoms with Gasteiger partial charge in [0.1, 0.15) is 0 Å². The van der Waals surface area contributed by atoms with Gasteiger partial charge in [0, 0.05) is 24.7 Å². The summed E-state index contributed by atoms with van der Waals surface area (Å²) in [5.41, 5.74) is 8.94. The van der Waals surface area contributed by atoms with Crippen molar-refractivity contribution in [3.63, 3.8) is 0 Å². The van der Waals surface area contributed by atoms with Crippen LogP contribution in [0.5, 0.6) is 0 Å². The summed E-state index contributed by atoms with van der Waals surface area (Å²) in [5.74, 6) is 0.113. The van der Waals surface area contributed by atoms with Crippen LogP contribution in [0.3, 0.4) is 0 Å². The van der Waals surface area contributed by atoms with Gasteiger partial charge in [-0.1, -0.05) is 24.3 Å². The smallest absolute Gasteiger partial charge is 0.222 e. The lowest BCUT2D eigenvalue weighted by Crippen LogP contribution is -2.40. The number of hydrogen-bond acceptors (Lipinski definition) is 3. The Morgan fingerprint density at radius 2 is 2.14 bits per heavy atom. The second-order valence-electron chi connectivity index (χ2n) is 5.92. The summed E-state index contributed by atoms with van der Waals surface area (Å²) in [4.78, 5) is 14.0. The van der Waals surface area contributed by atoms with Crippen molar-refractivity contribution in [2.45, 2.75) is 44.0 Å². The SMILES string of the molecule is [B]C([B])([B])Nc1cccc([C@@H]2[C@H](N)CCN2C(=O)CC)c1C. The van der Waals surface area contributed by atoms with Crippen LogP contribution in [0.25, 0.3) is 0 Å². The highest BCUT2D eigenvalue weighted by Gasteiger charge is 2.36. The molecule has 0 saturated carbocycles. The van der Waals surface area contributed by atoms with Crippen molar-refractivity contribution in [1.82, 2.24) is 4.90 Å². The number of likely N-dealkylation sites (tertiary alicyclic amines) is 1. The third kappa shape index (κ3) is 3.51. The van der Waals surface area contributed by atoms with Gasteiger partial charge in [-0.15, -0.1) is 0 Å². The molecule has 1 amide bonds. The predicted octanol–water partition coefficient (Wildman–Crippen LogP) is 0.534. The van der Waals surface area contributed by atoms with Crippen LogP contribution < -0.4 is 11.1 Å². The molecule has 0 aromatic heterocycles. The maximum atomic E-state index is 12.2. The molecule has 22 heavy (non-hydrogen) atoms. The van der Waals surface area contributed by atoms with E-state index in [0.717, 1.165) is 23.2 Å². The standard InChI is InChI=1S/C15H20B3N3O/c1-3-13(22)21-8-7-11(19)14(21)10-5-4-6-12(9(10)2)20-15(16,17)18/h4-6,11,14,20H,3,7-8,19H2,1-2H3/t11-,14-/m1/s1. The van der Waals surface area contributed by atoms with Crippen LogP contribution >= 0.6 is 0 Å². The minimum atomic E-state index is -1.50. The molecule has 0 spiro atoms. The molecule has 110 valence electrons. The maximum absolute atomic E-state index is 12.2. The van der Waals surface area contributed by atoms with E-state index >= 15 is 0 Å². The minimum Gasteiger partial charge on any atom is -0.405 e. The zero-order chi connectivity index (χ0) is 16.5. The fraction of sp³-hybridized carbons (Fsp3) is 0.533. The van der Waals surface area contributed by atoms with E-state index in [1.165, 1.54) is 0 Å². The van der Waals surface area contributed by atoms with Crippen molar-refractivity contribution >= 4 is 35.1 Å². The van der Waals surface area contributed by atoms with Crippen molar-refractivity contribution in [2.24, 2.45) is 5.73 Å². The molecular formula is C15H20B3N3O. The second-order valence-corrected chi connectivity index (χ2v) is 5.92. The molecule has 1 aromatic rings. The van der Waals surface area contributed by atoms with Crippen LogP contribution in [0, 0.1) is 6.92 Å². The summed E-state index contributed by atoms with van der Waals surface area (Å²) in [5, 5.41) is 1.38. The van der Waals surface area contributed by atoms with E-state index in [0.29, 0.717) is 13.0 Å². The summed E-state index contributed by atoms with van der Waals surface area (Å²) in [6.07, 6.45) is 1.26. The predicted molar refractivity (Wildman–Crippen MR) is 92.1 cm³/mol. The third-order valence-corrected chi connectivity index (χ3v) is 4.11. The highest BCUT2D eigenvalue weighted by atomic mass is 16.2. The second kappa shape index (κ2) is 6.41. The van der Waals surface area contributed by atoms with Gasteiger partial charge in [-0.2, -0.15) is 0 Å². The van der Waals surface area contributed by atoms with E-state index < -0.39 is 5.24 Å². The molecule has 1 fully saturated rings. The number of nitrogens with two attached hydrogens (primary N) is 1. The largest absolute Gasteiger partial charge is 0.405 e. The molecule has 4 nitrogen and oxygen atoms in total. The van der Waals surface area contributed by atoms with Gasteiger partial charge in [-0.3, -0.25) is 4.79 Å². The average molecular weight is 291 g/mol. The number of amides is 1. The molecule has 2 rings (SSSR count). The third-order valence-electron chi connectivity index (χ3n) is 4.11. The lowest BCUT2D eigenvalue weighted by molar-refractivity contribution is -0.131. The van der Waals surface area contributed by atoms with E-state index in [1.807, 2.05) is 36.9 Å². The Morgan fingerprint density at radius 1 is 1.45 bits per heavy atom. The molecule has 6 radical (unpaired) electrons. The molecule has 0 aliphatic carbocycles. The number of benzene rings is 1. The zero-order valence-electron chi connectivity index (χ0n) is 13.2. The summed E-state index contributed by atoms with van der Waals surface area (Å²) in [6.45, 7) is 4.49. The van der Waals surface area contributed by atoms with Crippen molar-refractivity contribution in [3.8, 4) is 0 Å². The Morgan fingerprint density at radius 3 is 2.73 bits per heavy atom. The summed E-state index contributed by atoms with van der Waals surface area (Å²) < 4.78 is 0. The number of carbonyl (C=O) groups excluding carboxylic acids is 1. The van der Waals surface area contributed by atoms with Crippen LogP contribution in [-0.2, 0) is 4.79 Å². The van der Waals surface area contributed by atoms with Gasteiger partial charge >= 0.3 is 0 Å². The average Bonchev–Trinajstić information content (AvgIpc) is 2.81. The molecule has 1 aliphatic rings. The van der Waals surface area contributed by atoms with Crippen LogP contribution in [0.15, 0.2) is 18.2 Å². The van der Waals surface area contributed by atoms with Gasteiger partial charge in [-0.05, 0) is 30.5 Å². The highest BCUT2D eigenvalue weighted by Crippen LogP contribution is 2.35. The lowest BCUT2D eigenvalue weighted by Gasteiger charge is -2.31. The molecular weight excluding hydrogens is 271 g/mol. The first-order valence-corrected chi connectivity index (χ1v) is 7.54. The van der Waals surface area contributed by atoms with Crippen LogP contribution in [-0.4, -0.2) is 52.2 Å². The Balaban J connectivity index is 2.38. The maximum Gasteiger partial charge on any atom is 0.222 e. The van der Waals surface area contributed by atoms with E-state index in [1.54, 1.807) is 0 Å². The van der Waals surface area contributed by atoms with Gasteiger partial charge in [-0.25, -0.2) is 0 Å². The van der Waals surface area contributed by atoms with Crippen molar-refractivity contribution in [3.05, 3.63) is 29.3 Å². The lowest BCUT2D eigenvalue weighted by atomic mass is 9.49. The van der Waals surface area contributed by atoms with Crippen LogP contribution in [0.2, 0.25) is 0 Å². The number of hydrogen-bond donors (Lipinski definition) is 2. The Bertz CT molecular complexity index is 559. The monoisotopic (exact) mass is 291 g/mol. The fourth-order valence-corrected chi connectivity index (χ4v) is 3.04. The van der Waals surface area contributed by atoms with Crippen molar-refractivity contribution < 1.29 is 4.79 Å². The van der Waals surface area contributed by atoms with E-state index in [-0.39, 0.29) is 18.0 Å². The Kier molecular flexibility index (Phi) is 4.95. The number of nitrogens with zero attached hydrogens (tertiary/aromatic N) is 1. The first kappa shape index (κ1) is 17.0. The molecule has 1 saturated heterocycles. The first-order valence-electron chi connectivity index (χ1n) is 7.54. The highest BCUT2D eigenvalue weighted by molar-refractivity contribution is 6.60. The molecule has 1 aromatic carbocycles. The first-order chi connectivity index (χ1) is 10.2. The molecule has 1 heterocycles. The summed E-state index contributed by atoms with van der Waals surface area (Å²) in [6, 6.07) is 5.51. The Hall–Kier alpha value is -1.36. The summed E-state index contributed by atoms with van der Waals surface area (Å²) >= 11 is 0. The molecule has 1 aliphatic heterocycles. The van der Waals surface area contributed by atoms with Crippen molar-refractivity contribution in [1.29, 1.82) is 0 Å². The molecule has 0 bridgehead atoms. The number of carbonyl (C=O) groups is 1. The van der Waals surface area contributed by atoms with E-state index in [9.17, 15) is 4.79 Å².